The van der Waals surface area contributed by atoms with Crippen LogP contribution in [-0.4, -0.2) is 10.8 Å². The summed E-state index contributed by atoms with van der Waals surface area (Å²) >= 11 is 3.52. The Morgan fingerprint density at radius 3 is 2.39 bits per heavy atom. The van der Waals surface area contributed by atoms with Crippen LogP contribution in [-0.2, 0) is 6.42 Å². The van der Waals surface area contributed by atoms with Crippen molar-refractivity contribution in [3.05, 3.63) is 76.4 Å². The molecule has 0 fully saturated rings. The van der Waals surface area contributed by atoms with Gasteiger partial charge >= 0.3 is 0 Å². The lowest BCUT2D eigenvalue weighted by molar-refractivity contribution is 0.0911. The molecule has 1 heterocycles. The minimum Gasteiger partial charge on any atom is -0.294 e. The van der Waals surface area contributed by atoms with Crippen molar-refractivity contribution >= 4 is 43.4 Å². The number of benzene rings is 3. The molecule has 1 aliphatic carbocycles. The van der Waals surface area contributed by atoms with Crippen LogP contribution >= 0.6 is 15.9 Å². The molecule has 0 amide bonds. The predicted molar refractivity (Wildman–Crippen MR) is 119 cm³/mol. The van der Waals surface area contributed by atoms with Crippen LogP contribution < -0.4 is 0 Å². The summed E-state index contributed by atoms with van der Waals surface area (Å²) in [6.07, 6.45) is 1.38. The molecule has 3 heteroatoms. The summed E-state index contributed by atoms with van der Waals surface area (Å²) in [5.74, 6) is 0.201. The Morgan fingerprint density at radius 1 is 0.857 bits per heavy atom. The van der Waals surface area contributed by atoms with E-state index in [1.807, 2.05) is 12.1 Å². The first-order chi connectivity index (χ1) is 13.4. The second-order valence-electron chi connectivity index (χ2n) is 8.44. The van der Waals surface area contributed by atoms with Crippen molar-refractivity contribution in [3.8, 4) is 11.1 Å². The summed E-state index contributed by atoms with van der Waals surface area (Å²) in [6.45, 7) is 4.31. The maximum absolute atomic E-state index is 13.2. The summed E-state index contributed by atoms with van der Waals surface area (Å²) < 4.78 is 1.03. The number of ketones is 1. The van der Waals surface area contributed by atoms with Crippen molar-refractivity contribution in [2.45, 2.75) is 26.7 Å². The predicted octanol–water partition coefficient (Wildman–Crippen LogP) is 6.97. The highest BCUT2D eigenvalue weighted by Gasteiger charge is 2.35. The number of halogens is 1. The Hall–Kier alpha value is -2.52. The van der Waals surface area contributed by atoms with Crippen molar-refractivity contribution in [3.63, 3.8) is 0 Å². The summed E-state index contributed by atoms with van der Waals surface area (Å²) in [6, 6.07) is 20.8. The van der Waals surface area contributed by atoms with Crippen LogP contribution in [0.25, 0.3) is 32.8 Å². The van der Waals surface area contributed by atoms with E-state index in [-0.39, 0.29) is 11.2 Å². The Kier molecular flexibility index (Phi) is 3.92. The monoisotopic (exact) mass is 429 g/mol. The molecule has 0 bridgehead atoms. The standard InChI is InChI=1S/C25H20BrNO/c1-25(2)13-20-23(21(28)14-25)22(16-7-10-17(26)11-8-16)19-12-9-15-5-3-4-6-18(15)24(19)27-20/h3-12H,13-14H2,1-2H3. The minimum absolute atomic E-state index is 0.0632. The normalized spacial score (nSPS) is 15.8. The third kappa shape index (κ3) is 2.77. The molecule has 1 aliphatic rings. The quantitative estimate of drug-likeness (QED) is 0.305. The van der Waals surface area contributed by atoms with Gasteiger partial charge in [-0.3, -0.25) is 9.78 Å². The second kappa shape index (κ2) is 6.25. The number of fused-ring (bicyclic) bond motifs is 4. The number of carbonyl (C=O) groups excluding carboxylic acids is 1. The van der Waals surface area contributed by atoms with E-state index in [0.29, 0.717) is 6.42 Å². The third-order valence-corrected chi connectivity index (χ3v) is 6.18. The molecular weight excluding hydrogens is 410 g/mol. The van der Waals surface area contributed by atoms with E-state index in [0.717, 1.165) is 49.6 Å². The van der Waals surface area contributed by atoms with Crippen molar-refractivity contribution < 1.29 is 4.79 Å². The molecule has 0 saturated heterocycles. The van der Waals surface area contributed by atoms with Gasteiger partial charge in [0.05, 0.1) is 11.2 Å². The van der Waals surface area contributed by atoms with Crippen LogP contribution in [0.4, 0.5) is 0 Å². The number of carbonyl (C=O) groups is 1. The Bertz CT molecular complexity index is 1260. The van der Waals surface area contributed by atoms with Gasteiger partial charge in [0.15, 0.2) is 5.78 Å². The van der Waals surface area contributed by atoms with E-state index in [2.05, 4.69) is 78.3 Å². The zero-order chi connectivity index (χ0) is 19.5. The maximum atomic E-state index is 13.2. The van der Waals surface area contributed by atoms with Gasteiger partial charge in [-0.1, -0.05) is 78.3 Å². The molecule has 4 aromatic rings. The first kappa shape index (κ1) is 17.6. The highest BCUT2D eigenvalue weighted by molar-refractivity contribution is 9.10. The molecule has 28 heavy (non-hydrogen) atoms. The average Bonchev–Trinajstić information content (AvgIpc) is 2.66. The molecule has 1 aromatic heterocycles. The molecule has 2 nitrogen and oxygen atoms in total. The smallest absolute Gasteiger partial charge is 0.165 e. The van der Waals surface area contributed by atoms with Crippen molar-refractivity contribution in [2.75, 3.05) is 0 Å². The summed E-state index contributed by atoms with van der Waals surface area (Å²) in [5.41, 5.74) is 4.76. The average molecular weight is 430 g/mol. The number of nitrogens with zero attached hydrogens (tertiary/aromatic N) is 1. The molecule has 5 rings (SSSR count). The van der Waals surface area contributed by atoms with Crippen molar-refractivity contribution in [2.24, 2.45) is 5.41 Å². The van der Waals surface area contributed by atoms with E-state index in [9.17, 15) is 4.79 Å². The van der Waals surface area contributed by atoms with E-state index < -0.39 is 0 Å². The second-order valence-corrected chi connectivity index (χ2v) is 9.35. The van der Waals surface area contributed by atoms with Gasteiger partial charge in [-0.2, -0.15) is 0 Å². The fourth-order valence-electron chi connectivity index (χ4n) is 4.43. The molecule has 0 unspecified atom stereocenters. The number of pyridine rings is 1. The molecule has 3 aromatic carbocycles. The van der Waals surface area contributed by atoms with Gasteiger partial charge in [-0.25, -0.2) is 0 Å². The molecule has 0 atom stereocenters. The summed E-state index contributed by atoms with van der Waals surface area (Å²) in [4.78, 5) is 18.3. The van der Waals surface area contributed by atoms with Gasteiger partial charge in [0.2, 0.25) is 0 Å². The number of Topliss-reactive ketones (excluding diaryl/α,β-unsaturated/α-hetero) is 1. The summed E-state index contributed by atoms with van der Waals surface area (Å²) in [7, 11) is 0. The Morgan fingerprint density at radius 2 is 1.61 bits per heavy atom. The third-order valence-electron chi connectivity index (χ3n) is 5.65. The van der Waals surface area contributed by atoms with Crippen LogP contribution in [0.1, 0.15) is 36.3 Å². The van der Waals surface area contributed by atoms with E-state index in [1.165, 1.54) is 5.39 Å². The SMILES string of the molecule is CC1(C)CC(=O)c2c(nc3c(ccc4ccccc43)c2-c2ccc(Br)cc2)C1. The lowest BCUT2D eigenvalue weighted by Crippen LogP contribution is -2.28. The molecule has 0 spiro atoms. The fourth-order valence-corrected chi connectivity index (χ4v) is 4.69. The van der Waals surface area contributed by atoms with Gasteiger partial charge in [-0.05, 0) is 34.9 Å². The number of hydrogen-bond donors (Lipinski definition) is 0. The van der Waals surface area contributed by atoms with Crippen molar-refractivity contribution in [1.29, 1.82) is 0 Å². The molecule has 138 valence electrons. The Labute approximate surface area is 172 Å². The van der Waals surface area contributed by atoms with Gasteiger partial charge < -0.3 is 0 Å². The number of aromatic nitrogens is 1. The van der Waals surface area contributed by atoms with E-state index in [1.54, 1.807) is 0 Å². The maximum Gasteiger partial charge on any atom is 0.165 e. The van der Waals surface area contributed by atoms with Gasteiger partial charge in [-0.15, -0.1) is 0 Å². The molecular formula is C25H20BrNO. The van der Waals surface area contributed by atoms with Crippen LogP contribution in [0.15, 0.2) is 65.1 Å². The topological polar surface area (TPSA) is 30.0 Å². The first-order valence-electron chi connectivity index (χ1n) is 9.56. The number of rotatable bonds is 1. The highest BCUT2D eigenvalue weighted by Crippen LogP contribution is 2.42. The van der Waals surface area contributed by atoms with Crippen LogP contribution in [0, 0.1) is 5.41 Å². The molecule has 0 saturated carbocycles. The van der Waals surface area contributed by atoms with E-state index >= 15 is 0 Å². The molecule has 0 aliphatic heterocycles. The lowest BCUT2D eigenvalue weighted by Gasteiger charge is -2.31. The highest BCUT2D eigenvalue weighted by atomic mass is 79.9. The minimum atomic E-state index is -0.0632. The molecule has 0 N–H and O–H groups in total. The van der Waals surface area contributed by atoms with Crippen LogP contribution in [0.3, 0.4) is 0 Å². The largest absolute Gasteiger partial charge is 0.294 e. The fraction of sp³-hybridized carbons (Fsp3) is 0.200. The zero-order valence-electron chi connectivity index (χ0n) is 15.9. The van der Waals surface area contributed by atoms with E-state index in [4.69, 9.17) is 4.98 Å². The summed E-state index contributed by atoms with van der Waals surface area (Å²) in [5, 5.41) is 3.36. The zero-order valence-corrected chi connectivity index (χ0v) is 17.5. The van der Waals surface area contributed by atoms with Gasteiger partial charge in [0, 0.05) is 32.8 Å². The van der Waals surface area contributed by atoms with Crippen molar-refractivity contribution in [1.82, 2.24) is 4.98 Å². The van der Waals surface area contributed by atoms with Crippen LogP contribution in [0.5, 0.6) is 0 Å². The number of hydrogen-bond acceptors (Lipinski definition) is 2. The molecule has 0 radical (unpaired) electrons. The van der Waals surface area contributed by atoms with Gasteiger partial charge in [0.1, 0.15) is 0 Å². The first-order valence-corrected chi connectivity index (χ1v) is 10.4. The van der Waals surface area contributed by atoms with Gasteiger partial charge in [0.25, 0.3) is 0 Å². The van der Waals surface area contributed by atoms with Crippen LogP contribution in [0.2, 0.25) is 0 Å². The lowest BCUT2D eigenvalue weighted by atomic mass is 9.73. The Balaban J connectivity index is 1.95.